The minimum Gasteiger partial charge on any atom is -0.466 e. The second-order valence-corrected chi connectivity index (χ2v) is 22.1. The van der Waals surface area contributed by atoms with Crippen molar-refractivity contribution in [3.05, 3.63) is 60.8 Å². The van der Waals surface area contributed by atoms with Crippen molar-refractivity contribution in [3.63, 3.8) is 0 Å². The standard InChI is InChI=1S/C68H125NO5/c1-3-5-7-9-11-13-14-38-42-46-50-54-58-62-68(73)74-63-59-55-51-47-43-40-37-35-33-31-29-27-25-23-21-19-17-15-16-18-20-22-24-26-28-30-32-34-36-39-41-45-49-53-57-61-67(72)69-65(64-70)66(71)60-56-52-48-44-12-10-8-6-4-2/h7,9,13-14,17,19,23,25,56,60,65-66,70-71H,3-6,8,10-12,15-16,18,20-22,24,26-55,57-59,61-64H2,1-2H3,(H,69,72)/b9-7-,14-13-,19-17-,25-23-,60-56+. The van der Waals surface area contributed by atoms with E-state index in [4.69, 9.17) is 4.74 Å². The molecule has 2 unspecified atom stereocenters. The number of nitrogens with one attached hydrogen (secondary N) is 1. The summed E-state index contributed by atoms with van der Waals surface area (Å²) in [6, 6.07) is -0.624. The summed E-state index contributed by atoms with van der Waals surface area (Å²) in [6.45, 7) is 4.81. The van der Waals surface area contributed by atoms with E-state index in [9.17, 15) is 19.8 Å². The maximum atomic E-state index is 12.4. The van der Waals surface area contributed by atoms with Crippen LogP contribution in [0.2, 0.25) is 0 Å². The summed E-state index contributed by atoms with van der Waals surface area (Å²) in [4.78, 5) is 24.4. The molecule has 3 N–H and O–H groups in total. The van der Waals surface area contributed by atoms with Gasteiger partial charge in [0.1, 0.15) is 0 Å². The second-order valence-electron chi connectivity index (χ2n) is 22.1. The average Bonchev–Trinajstić information content (AvgIpc) is 3.40. The van der Waals surface area contributed by atoms with Crippen molar-refractivity contribution in [2.75, 3.05) is 13.2 Å². The molecule has 0 aliphatic carbocycles. The smallest absolute Gasteiger partial charge is 0.305 e. The van der Waals surface area contributed by atoms with Crippen LogP contribution in [0.3, 0.4) is 0 Å². The SMILES string of the molecule is CCC/C=C\C/C=C\CCCCCCCC(=O)OCCCCCCCCCCCCC/C=C\C/C=C\CCCCCCCCCCCCCCCCCCCC(=O)NC(CO)C(O)/C=C/CCCCCCCCC. The Balaban J connectivity index is 3.36. The quantitative estimate of drug-likeness (QED) is 0.0320. The van der Waals surface area contributed by atoms with Crippen LogP contribution in [-0.2, 0) is 14.3 Å². The number of hydrogen-bond donors (Lipinski definition) is 3. The third-order valence-corrected chi connectivity index (χ3v) is 14.7. The van der Waals surface area contributed by atoms with Gasteiger partial charge >= 0.3 is 5.97 Å². The Morgan fingerprint density at radius 3 is 1.08 bits per heavy atom. The van der Waals surface area contributed by atoms with Gasteiger partial charge in [0, 0.05) is 12.8 Å². The van der Waals surface area contributed by atoms with Gasteiger partial charge in [0.2, 0.25) is 5.91 Å². The third kappa shape index (κ3) is 58.8. The van der Waals surface area contributed by atoms with Crippen molar-refractivity contribution in [1.29, 1.82) is 0 Å². The fraction of sp³-hybridized carbons (Fsp3) is 0.824. The summed E-state index contributed by atoms with van der Waals surface area (Å²) < 4.78 is 5.47. The molecule has 432 valence electrons. The molecule has 6 heteroatoms. The van der Waals surface area contributed by atoms with E-state index in [2.05, 4.69) is 67.8 Å². The van der Waals surface area contributed by atoms with E-state index in [-0.39, 0.29) is 18.5 Å². The summed E-state index contributed by atoms with van der Waals surface area (Å²) in [5.74, 6) is -0.0677. The summed E-state index contributed by atoms with van der Waals surface area (Å²) in [6.07, 6.45) is 83.0. The van der Waals surface area contributed by atoms with Crippen molar-refractivity contribution in [3.8, 4) is 0 Å². The normalized spacial score (nSPS) is 13.0. The highest BCUT2D eigenvalue weighted by atomic mass is 16.5. The van der Waals surface area contributed by atoms with Crippen molar-refractivity contribution in [2.45, 2.75) is 347 Å². The van der Waals surface area contributed by atoms with Crippen LogP contribution >= 0.6 is 0 Å². The highest BCUT2D eigenvalue weighted by Crippen LogP contribution is 2.17. The summed E-state index contributed by atoms with van der Waals surface area (Å²) in [5, 5.41) is 23.0. The molecule has 0 aliphatic rings. The Morgan fingerprint density at radius 2 is 0.703 bits per heavy atom. The van der Waals surface area contributed by atoms with E-state index in [1.165, 1.54) is 250 Å². The molecular weight excluding hydrogens is 911 g/mol. The lowest BCUT2D eigenvalue weighted by Gasteiger charge is -2.20. The largest absolute Gasteiger partial charge is 0.466 e. The van der Waals surface area contributed by atoms with E-state index in [1.54, 1.807) is 6.08 Å². The number of hydrogen-bond acceptors (Lipinski definition) is 5. The van der Waals surface area contributed by atoms with Gasteiger partial charge in [0.15, 0.2) is 0 Å². The van der Waals surface area contributed by atoms with Gasteiger partial charge in [0.25, 0.3) is 0 Å². The summed E-state index contributed by atoms with van der Waals surface area (Å²) >= 11 is 0. The Kier molecular flexibility index (Phi) is 61.0. The molecule has 2 atom stereocenters. The Hall–Kier alpha value is -2.44. The fourth-order valence-electron chi connectivity index (χ4n) is 9.76. The molecule has 0 heterocycles. The number of rotatable bonds is 60. The lowest BCUT2D eigenvalue weighted by atomic mass is 10.0. The van der Waals surface area contributed by atoms with Gasteiger partial charge in [-0.25, -0.2) is 0 Å². The molecule has 0 aromatic heterocycles. The molecule has 0 radical (unpaired) electrons. The first-order valence-electron chi connectivity index (χ1n) is 32.6. The first kappa shape index (κ1) is 71.6. The lowest BCUT2D eigenvalue weighted by molar-refractivity contribution is -0.143. The molecule has 0 aromatic carbocycles. The number of carbonyl (C=O) groups is 2. The van der Waals surface area contributed by atoms with Gasteiger partial charge in [0.05, 0.1) is 25.4 Å². The number of carbonyl (C=O) groups excluding carboxylic acids is 2. The summed E-state index contributed by atoms with van der Waals surface area (Å²) in [7, 11) is 0. The predicted octanol–water partition coefficient (Wildman–Crippen LogP) is 20.7. The monoisotopic (exact) mass is 1040 g/mol. The number of unbranched alkanes of at least 4 members (excludes halogenated alkanes) is 41. The fourth-order valence-corrected chi connectivity index (χ4v) is 9.76. The molecule has 0 aliphatic heterocycles. The molecule has 0 fully saturated rings. The predicted molar refractivity (Wildman–Crippen MR) is 324 cm³/mol. The van der Waals surface area contributed by atoms with Crippen LogP contribution in [0.25, 0.3) is 0 Å². The van der Waals surface area contributed by atoms with E-state index in [0.717, 1.165) is 57.8 Å². The van der Waals surface area contributed by atoms with E-state index in [0.29, 0.717) is 19.4 Å². The van der Waals surface area contributed by atoms with Crippen LogP contribution in [0.1, 0.15) is 335 Å². The second kappa shape index (κ2) is 63.1. The molecular formula is C68H125NO5. The molecule has 1 amide bonds. The van der Waals surface area contributed by atoms with Crippen molar-refractivity contribution in [1.82, 2.24) is 5.32 Å². The highest BCUT2D eigenvalue weighted by Gasteiger charge is 2.18. The third-order valence-electron chi connectivity index (χ3n) is 14.7. The van der Waals surface area contributed by atoms with Crippen LogP contribution in [0, 0.1) is 0 Å². The molecule has 0 aromatic rings. The zero-order valence-electron chi connectivity index (χ0n) is 49.3. The van der Waals surface area contributed by atoms with Gasteiger partial charge in [-0.2, -0.15) is 0 Å². The van der Waals surface area contributed by atoms with Gasteiger partial charge in [-0.05, 0) is 89.9 Å². The maximum Gasteiger partial charge on any atom is 0.305 e. The van der Waals surface area contributed by atoms with Gasteiger partial charge in [-0.3, -0.25) is 9.59 Å². The minimum atomic E-state index is -0.841. The maximum absolute atomic E-state index is 12.4. The molecule has 0 bridgehead atoms. The molecule has 0 spiro atoms. The molecule has 0 rings (SSSR count). The van der Waals surface area contributed by atoms with E-state index in [1.807, 2.05) is 6.08 Å². The van der Waals surface area contributed by atoms with Crippen LogP contribution in [0.5, 0.6) is 0 Å². The Labute approximate surface area is 460 Å². The Bertz CT molecular complexity index is 1290. The first-order chi connectivity index (χ1) is 36.5. The number of ether oxygens (including phenoxy) is 1. The number of aliphatic hydroxyl groups is 2. The molecule has 74 heavy (non-hydrogen) atoms. The van der Waals surface area contributed by atoms with Crippen molar-refractivity contribution >= 4 is 11.9 Å². The van der Waals surface area contributed by atoms with Crippen molar-refractivity contribution < 1.29 is 24.5 Å². The summed E-state index contributed by atoms with van der Waals surface area (Å²) in [5.41, 5.74) is 0. The van der Waals surface area contributed by atoms with Gasteiger partial charge < -0.3 is 20.3 Å². The number of esters is 1. The molecule has 6 nitrogen and oxygen atoms in total. The minimum absolute atomic E-state index is 0.000530. The van der Waals surface area contributed by atoms with E-state index < -0.39 is 12.1 Å². The van der Waals surface area contributed by atoms with Crippen LogP contribution in [0.15, 0.2) is 60.8 Å². The van der Waals surface area contributed by atoms with Gasteiger partial charge in [-0.15, -0.1) is 0 Å². The first-order valence-corrected chi connectivity index (χ1v) is 32.6. The highest BCUT2D eigenvalue weighted by molar-refractivity contribution is 5.76. The number of amides is 1. The zero-order chi connectivity index (χ0) is 53.6. The number of allylic oxidation sites excluding steroid dienone is 9. The zero-order valence-corrected chi connectivity index (χ0v) is 49.3. The average molecular weight is 1040 g/mol. The van der Waals surface area contributed by atoms with E-state index >= 15 is 0 Å². The van der Waals surface area contributed by atoms with Crippen LogP contribution in [0.4, 0.5) is 0 Å². The van der Waals surface area contributed by atoms with Crippen LogP contribution in [-0.4, -0.2) is 47.4 Å². The lowest BCUT2D eigenvalue weighted by Crippen LogP contribution is -2.45. The Morgan fingerprint density at radius 1 is 0.378 bits per heavy atom. The molecule has 0 saturated carbocycles. The van der Waals surface area contributed by atoms with Gasteiger partial charge in [-0.1, -0.05) is 293 Å². The number of aliphatic hydroxyl groups excluding tert-OH is 2. The van der Waals surface area contributed by atoms with Crippen LogP contribution < -0.4 is 5.32 Å². The van der Waals surface area contributed by atoms with Crippen molar-refractivity contribution in [2.24, 2.45) is 0 Å². The molecule has 0 saturated heterocycles. The topological polar surface area (TPSA) is 95.9 Å².